The lowest BCUT2D eigenvalue weighted by Crippen LogP contribution is -2.31. The Morgan fingerprint density at radius 3 is 2.88 bits per heavy atom. The number of nitrogens with zero attached hydrogens (tertiary/aromatic N) is 2. The van der Waals surface area contributed by atoms with E-state index in [1.807, 2.05) is 59.6 Å². The minimum absolute atomic E-state index is 0.0770. The second kappa shape index (κ2) is 9.01. The summed E-state index contributed by atoms with van der Waals surface area (Å²) in [5, 5.41) is 12.2. The zero-order chi connectivity index (χ0) is 18.2. The summed E-state index contributed by atoms with van der Waals surface area (Å²) in [4.78, 5) is 17.1. The molecule has 0 amide bonds. The average Bonchev–Trinajstić information content (AvgIpc) is 2.67. The maximum atomic E-state index is 10.9. The molecule has 1 atom stereocenters. The van der Waals surface area contributed by atoms with Crippen LogP contribution in [0.4, 0.5) is 5.82 Å². The third-order valence-electron chi connectivity index (χ3n) is 4.16. The van der Waals surface area contributed by atoms with E-state index in [4.69, 9.17) is 9.84 Å². The summed E-state index contributed by atoms with van der Waals surface area (Å²) in [6.45, 7) is 1.74. The molecular weight excluding hydrogens is 330 g/mol. The number of nitrogens with one attached hydrogen (secondary N) is 1. The fourth-order valence-electron chi connectivity index (χ4n) is 2.87. The van der Waals surface area contributed by atoms with Crippen LogP contribution in [0, 0.1) is 0 Å². The Morgan fingerprint density at radius 1 is 1.23 bits per heavy atom. The number of pyridine rings is 1. The third-order valence-corrected chi connectivity index (χ3v) is 4.16. The van der Waals surface area contributed by atoms with Crippen molar-refractivity contribution in [1.82, 2.24) is 9.88 Å². The van der Waals surface area contributed by atoms with E-state index in [0.29, 0.717) is 13.2 Å². The van der Waals surface area contributed by atoms with Crippen LogP contribution in [0.3, 0.4) is 0 Å². The molecule has 0 spiro atoms. The predicted octanol–water partition coefficient (Wildman–Crippen LogP) is 3.36. The first-order valence-electron chi connectivity index (χ1n) is 8.75. The summed E-state index contributed by atoms with van der Waals surface area (Å²) < 4.78 is 6.11. The smallest absolute Gasteiger partial charge is 0.305 e. The van der Waals surface area contributed by atoms with Gasteiger partial charge in [-0.25, -0.2) is 4.98 Å². The molecule has 26 heavy (non-hydrogen) atoms. The highest BCUT2D eigenvalue weighted by Gasteiger charge is 2.24. The Morgan fingerprint density at radius 2 is 2.08 bits per heavy atom. The van der Waals surface area contributed by atoms with Gasteiger partial charge in [0, 0.05) is 31.0 Å². The van der Waals surface area contributed by atoms with Crippen LogP contribution in [0.1, 0.15) is 30.2 Å². The van der Waals surface area contributed by atoms with E-state index in [2.05, 4.69) is 10.3 Å². The molecule has 2 N–H and O–H groups in total. The van der Waals surface area contributed by atoms with E-state index in [0.717, 1.165) is 29.9 Å². The zero-order valence-electron chi connectivity index (χ0n) is 14.5. The number of carbonyl (C=O) groups is 1. The Balaban J connectivity index is 1.55. The quantitative estimate of drug-likeness (QED) is 0.674. The zero-order valence-corrected chi connectivity index (χ0v) is 14.5. The van der Waals surface area contributed by atoms with Crippen molar-refractivity contribution in [3.63, 3.8) is 0 Å². The van der Waals surface area contributed by atoms with E-state index < -0.39 is 5.97 Å². The largest absolute Gasteiger partial charge is 0.481 e. The Bertz CT molecular complexity index is 749. The van der Waals surface area contributed by atoms with Gasteiger partial charge in [-0.15, -0.1) is 0 Å². The predicted molar refractivity (Wildman–Crippen MR) is 100 cm³/mol. The summed E-state index contributed by atoms with van der Waals surface area (Å²) >= 11 is 0. The van der Waals surface area contributed by atoms with Gasteiger partial charge in [0.05, 0.1) is 13.0 Å². The van der Waals surface area contributed by atoms with Crippen LogP contribution in [0.15, 0.2) is 54.9 Å². The molecule has 1 aliphatic rings. The van der Waals surface area contributed by atoms with Crippen LogP contribution in [-0.4, -0.2) is 40.7 Å². The molecule has 0 fully saturated rings. The van der Waals surface area contributed by atoms with E-state index in [9.17, 15) is 4.79 Å². The molecule has 0 saturated carbocycles. The average molecular weight is 353 g/mol. The van der Waals surface area contributed by atoms with Crippen molar-refractivity contribution in [2.24, 2.45) is 0 Å². The molecule has 0 saturated heterocycles. The van der Waals surface area contributed by atoms with Crippen LogP contribution in [0.5, 0.6) is 0 Å². The van der Waals surface area contributed by atoms with Crippen molar-refractivity contribution in [2.45, 2.75) is 19.1 Å². The van der Waals surface area contributed by atoms with Crippen LogP contribution < -0.4 is 5.32 Å². The first-order valence-corrected chi connectivity index (χ1v) is 8.75. The molecule has 0 radical (unpaired) electrons. The van der Waals surface area contributed by atoms with Gasteiger partial charge in [0.15, 0.2) is 6.23 Å². The number of fused-ring (bicyclic) bond motifs is 1. The molecule has 0 aliphatic carbocycles. The maximum absolute atomic E-state index is 10.9. The lowest BCUT2D eigenvalue weighted by molar-refractivity contribution is -0.138. The molecule has 1 aromatic carbocycles. The summed E-state index contributed by atoms with van der Waals surface area (Å²) in [6, 6.07) is 13.8. The Kier molecular flexibility index (Phi) is 6.22. The SMILES string of the molecule is O=C(O)CCN1C=Cc2ccccc2C1OCCCNc1ccccn1. The fourth-order valence-corrected chi connectivity index (χ4v) is 2.87. The molecule has 2 heterocycles. The number of benzene rings is 1. The van der Waals surface area contributed by atoms with Gasteiger partial charge in [-0.1, -0.05) is 30.3 Å². The van der Waals surface area contributed by atoms with E-state index in [1.165, 1.54) is 0 Å². The lowest BCUT2D eigenvalue weighted by Gasteiger charge is -2.34. The first-order chi connectivity index (χ1) is 12.7. The van der Waals surface area contributed by atoms with Crippen molar-refractivity contribution in [3.05, 3.63) is 66.0 Å². The van der Waals surface area contributed by atoms with E-state index in [1.54, 1.807) is 6.20 Å². The van der Waals surface area contributed by atoms with Gasteiger partial charge in [-0.2, -0.15) is 0 Å². The highest BCUT2D eigenvalue weighted by molar-refractivity contribution is 5.67. The molecule has 136 valence electrons. The number of rotatable bonds is 9. The highest BCUT2D eigenvalue weighted by Crippen LogP contribution is 2.31. The molecule has 2 aromatic rings. The molecule has 1 unspecified atom stereocenters. The number of hydrogen-bond donors (Lipinski definition) is 2. The normalized spacial score (nSPS) is 15.5. The van der Waals surface area contributed by atoms with Crippen molar-refractivity contribution >= 4 is 17.9 Å². The van der Waals surface area contributed by atoms with Gasteiger partial charge < -0.3 is 20.1 Å². The summed E-state index contributed by atoms with van der Waals surface area (Å²) in [6.07, 6.45) is 6.32. The monoisotopic (exact) mass is 353 g/mol. The maximum Gasteiger partial charge on any atom is 0.305 e. The molecule has 1 aliphatic heterocycles. The minimum atomic E-state index is -0.810. The van der Waals surface area contributed by atoms with Crippen LogP contribution in [0.2, 0.25) is 0 Å². The van der Waals surface area contributed by atoms with Gasteiger partial charge in [-0.3, -0.25) is 4.79 Å². The van der Waals surface area contributed by atoms with Gasteiger partial charge >= 0.3 is 5.97 Å². The Hall–Kier alpha value is -2.86. The van der Waals surface area contributed by atoms with E-state index in [-0.39, 0.29) is 12.6 Å². The first kappa shape index (κ1) is 17.9. The van der Waals surface area contributed by atoms with Crippen LogP contribution in [0.25, 0.3) is 6.08 Å². The van der Waals surface area contributed by atoms with Crippen molar-refractivity contribution in [1.29, 1.82) is 0 Å². The van der Waals surface area contributed by atoms with Crippen molar-refractivity contribution < 1.29 is 14.6 Å². The molecule has 6 heteroatoms. The molecule has 1 aromatic heterocycles. The van der Waals surface area contributed by atoms with Gasteiger partial charge in [0.1, 0.15) is 5.82 Å². The second-order valence-corrected chi connectivity index (χ2v) is 6.04. The van der Waals surface area contributed by atoms with Crippen molar-refractivity contribution in [2.75, 3.05) is 25.0 Å². The summed E-state index contributed by atoms with van der Waals surface area (Å²) in [5.41, 5.74) is 2.17. The fraction of sp³-hybridized carbons (Fsp3) is 0.300. The van der Waals surface area contributed by atoms with Crippen molar-refractivity contribution in [3.8, 4) is 0 Å². The molecule has 3 rings (SSSR count). The number of carboxylic acids is 1. The second-order valence-electron chi connectivity index (χ2n) is 6.04. The minimum Gasteiger partial charge on any atom is -0.481 e. The number of carboxylic acid groups (broad SMARTS) is 1. The van der Waals surface area contributed by atoms with Crippen LogP contribution in [-0.2, 0) is 9.53 Å². The summed E-state index contributed by atoms with van der Waals surface area (Å²) in [5.74, 6) is 0.0390. The molecular formula is C20H23N3O3. The van der Waals surface area contributed by atoms with Gasteiger partial charge in [-0.05, 0) is 30.2 Å². The van der Waals surface area contributed by atoms with E-state index >= 15 is 0 Å². The number of hydrogen-bond acceptors (Lipinski definition) is 5. The number of ether oxygens (including phenoxy) is 1. The number of aliphatic carboxylic acids is 1. The Labute approximate surface area is 153 Å². The highest BCUT2D eigenvalue weighted by atomic mass is 16.5. The molecule has 0 bridgehead atoms. The molecule has 6 nitrogen and oxygen atoms in total. The third kappa shape index (κ3) is 4.83. The lowest BCUT2D eigenvalue weighted by atomic mass is 10.0. The number of anilines is 1. The van der Waals surface area contributed by atoms with Gasteiger partial charge in [0.2, 0.25) is 0 Å². The summed E-state index contributed by atoms with van der Waals surface area (Å²) in [7, 11) is 0. The standard InChI is InChI=1S/C20H23N3O3/c24-19(25)10-14-23-13-9-16-6-1-2-7-17(16)20(23)26-15-5-12-22-18-8-3-4-11-21-18/h1-4,6-9,11,13,20H,5,10,12,14-15H2,(H,21,22)(H,24,25). The topological polar surface area (TPSA) is 74.7 Å². The van der Waals surface area contributed by atoms with Crippen LogP contribution >= 0.6 is 0 Å². The number of aromatic nitrogens is 1. The van der Waals surface area contributed by atoms with Gasteiger partial charge in [0.25, 0.3) is 0 Å².